The minimum absolute atomic E-state index is 0.0967. The smallest absolute Gasteiger partial charge is 0.260 e. The second-order valence-corrected chi connectivity index (χ2v) is 6.26. The molecule has 1 aliphatic carbocycles. The van der Waals surface area contributed by atoms with Gasteiger partial charge in [0.15, 0.2) is 0 Å². The molecule has 0 saturated heterocycles. The van der Waals surface area contributed by atoms with Gasteiger partial charge >= 0.3 is 0 Å². The number of aromatic amines is 1. The van der Waals surface area contributed by atoms with Crippen molar-refractivity contribution in [3.8, 4) is 0 Å². The van der Waals surface area contributed by atoms with Gasteiger partial charge in [0, 0.05) is 12.3 Å². The minimum Gasteiger partial charge on any atom is -0.396 e. The monoisotopic (exact) mass is 326 g/mol. The van der Waals surface area contributed by atoms with E-state index in [2.05, 4.69) is 10.3 Å². The van der Waals surface area contributed by atoms with Gasteiger partial charge in [-0.3, -0.25) is 9.59 Å². The number of H-pyrrole nitrogens is 1. The molecular formula is C19H22N2O3. The molecule has 1 unspecified atom stereocenters. The van der Waals surface area contributed by atoms with Gasteiger partial charge in [0.1, 0.15) is 5.56 Å². The Balaban J connectivity index is 1.86. The van der Waals surface area contributed by atoms with E-state index in [0.717, 1.165) is 36.1 Å². The number of pyridine rings is 1. The van der Waals surface area contributed by atoms with Crippen LogP contribution in [0.2, 0.25) is 0 Å². The predicted molar refractivity (Wildman–Crippen MR) is 92.2 cm³/mol. The van der Waals surface area contributed by atoms with Crippen LogP contribution in [0.1, 0.15) is 51.6 Å². The first-order valence-corrected chi connectivity index (χ1v) is 8.32. The summed E-state index contributed by atoms with van der Waals surface area (Å²) >= 11 is 0. The highest BCUT2D eigenvalue weighted by molar-refractivity contribution is 5.94. The summed E-state index contributed by atoms with van der Waals surface area (Å²) < 4.78 is 0. The Morgan fingerprint density at radius 2 is 2.17 bits per heavy atom. The van der Waals surface area contributed by atoms with E-state index in [4.69, 9.17) is 0 Å². The molecule has 3 rings (SSSR count). The number of fused-ring (bicyclic) bond motifs is 1. The Hall–Kier alpha value is -2.40. The number of nitrogens with one attached hydrogen (secondary N) is 2. The molecule has 0 aliphatic heterocycles. The molecule has 0 saturated carbocycles. The average molecular weight is 326 g/mol. The Labute approximate surface area is 140 Å². The summed E-state index contributed by atoms with van der Waals surface area (Å²) in [4.78, 5) is 27.1. The van der Waals surface area contributed by atoms with Gasteiger partial charge in [0.05, 0.1) is 6.04 Å². The lowest BCUT2D eigenvalue weighted by molar-refractivity contribution is 0.0931. The SMILES string of the molecule is Cc1ccc(C(=O)NC2CCCc3c(CCO)cccc32)c(=O)[nH]1. The van der Waals surface area contributed by atoms with E-state index >= 15 is 0 Å². The zero-order valence-corrected chi connectivity index (χ0v) is 13.8. The highest BCUT2D eigenvalue weighted by atomic mass is 16.3. The standard InChI is InChI=1S/C19H22N2O3/c1-12-8-9-16(18(23)20-12)19(24)21-17-7-3-5-14-13(10-11-22)4-2-6-15(14)17/h2,4,6,8-9,17,22H,3,5,7,10-11H2,1H3,(H,20,23)(H,21,24). The number of carbonyl (C=O) groups is 1. The van der Waals surface area contributed by atoms with Crippen LogP contribution in [0.25, 0.3) is 0 Å². The lowest BCUT2D eigenvalue weighted by atomic mass is 9.84. The Bertz CT molecular complexity index is 810. The fourth-order valence-corrected chi connectivity index (χ4v) is 3.42. The average Bonchev–Trinajstić information content (AvgIpc) is 2.56. The Morgan fingerprint density at radius 1 is 1.33 bits per heavy atom. The molecule has 126 valence electrons. The van der Waals surface area contributed by atoms with Crippen molar-refractivity contribution in [1.82, 2.24) is 10.3 Å². The lowest BCUT2D eigenvalue weighted by Gasteiger charge is -2.28. The third-order valence-corrected chi connectivity index (χ3v) is 4.59. The normalized spacial score (nSPS) is 16.5. The number of aryl methyl sites for hydroxylation is 1. The molecule has 2 aromatic rings. The Morgan fingerprint density at radius 3 is 2.92 bits per heavy atom. The van der Waals surface area contributed by atoms with Crippen molar-refractivity contribution in [1.29, 1.82) is 0 Å². The molecule has 3 N–H and O–H groups in total. The summed E-state index contributed by atoms with van der Waals surface area (Å²) in [5.74, 6) is -0.346. The van der Waals surface area contributed by atoms with Gasteiger partial charge in [0.2, 0.25) is 0 Å². The van der Waals surface area contributed by atoms with Gasteiger partial charge < -0.3 is 15.4 Å². The number of hydrogen-bond acceptors (Lipinski definition) is 3. The van der Waals surface area contributed by atoms with Crippen molar-refractivity contribution in [3.05, 3.63) is 68.6 Å². The number of benzene rings is 1. The van der Waals surface area contributed by atoms with Crippen LogP contribution in [-0.2, 0) is 12.8 Å². The van der Waals surface area contributed by atoms with Crippen molar-refractivity contribution in [2.24, 2.45) is 0 Å². The summed E-state index contributed by atoms with van der Waals surface area (Å²) in [6, 6.07) is 9.22. The number of carbonyl (C=O) groups excluding carboxylic acids is 1. The van der Waals surface area contributed by atoms with Gasteiger partial charge in [-0.1, -0.05) is 18.2 Å². The number of rotatable bonds is 4. The van der Waals surface area contributed by atoms with Crippen LogP contribution in [0.15, 0.2) is 35.1 Å². The highest BCUT2D eigenvalue weighted by Gasteiger charge is 2.24. The highest BCUT2D eigenvalue weighted by Crippen LogP contribution is 2.32. The molecule has 0 radical (unpaired) electrons. The van der Waals surface area contributed by atoms with Gasteiger partial charge in [-0.2, -0.15) is 0 Å². The molecular weight excluding hydrogens is 304 g/mol. The maximum atomic E-state index is 12.5. The summed E-state index contributed by atoms with van der Waals surface area (Å²) in [6.07, 6.45) is 3.42. The fourth-order valence-electron chi connectivity index (χ4n) is 3.42. The fraction of sp³-hybridized carbons (Fsp3) is 0.368. The van der Waals surface area contributed by atoms with Gasteiger partial charge in [-0.15, -0.1) is 0 Å². The van der Waals surface area contributed by atoms with E-state index in [-0.39, 0.29) is 29.7 Å². The van der Waals surface area contributed by atoms with E-state index in [0.29, 0.717) is 6.42 Å². The number of aliphatic hydroxyl groups is 1. The number of hydrogen-bond donors (Lipinski definition) is 3. The molecule has 0 spiro atoms. The topological polar surface area (TPSA) is 82.2 Å². The van der Waals surface area contributed by atoms with Gasteiger partial charge in [-0.25, -0.2) is 0 Å². The predicted octanol–water partition coefficient (Wildman–Crippen LogP) is 2.03. The number of aliphatic hydroxyl groups excluding tert-OH is 1. The van der Waals surface area contributed by atoms with E-state index in [1.54, 1.807) is 19.1 Å². The van der Waals surface area contributed by atoms with Crippen molar-refractivity contribution in [2.45, 2.75) is 38.6 Å². The third-order valence-electron chi connectivity index (χ3n) is 4.59. The van der Waals surface area contributed by atoms with E-state index in [9.17, 15) is 14.7 Å². The molecule has 1 amide bonds. The maximum Gasteiger partial charge on any atom is 0.260 e. The van der Waals surface area contributed by atoms with Gasteiger partial charge in [-0.05, 0) is 61.4 Å². The number of amides is 1. The van der Waals surface area contributed by atoms with Crippen LogP contribution in [0, 0.1) is 6.92 Å². The second-order valence-electron chi connectivity index (χ2n) is 6.26. The minimum atomic E-state index is -0.363. The maximum absolute atomic E-state index is 12.5. The molecule has 1 heterocycles. The zero-order valence-electron chi connectivity index (χ0n) is 13.8. The van der Waals surface area contributed by atoms with E-state index in [1.807, 2.05) is 18.2 Å². The largest absolute Gasteiger partial charge is 0.396 e. The van der Waals surface area contributed by atoms with Crippen molar-refractivity contribution < 1.29 is 9.90 Å². The molecule has 1 atom stereocenters. The molecule has 0 fully saturated rings. The molecule has 24 heavy (non-hydrogen) atoms. The zero-order chi connectivity index (χ0) is 17.1. The van der Waals surface area contributed by atoms with Crippen LogP contribution in [0.3, 0.4) is 0 Å². The van der Waals surface area contributed by atoms with Crippen LogP contribution in [0.5, 0.6) is 0 Å². The first-order valence-electron chi connectivity index (χ1n) is 8.32. The summed E-state index contributed by atoms with van der Waals surface area (Å²) in [6.45, 7) is 1.90. The van der Waals surface area contributed by atoms with E-state index in [1.165, 1.54) is 5.56 Å². The third kappa shape index (κ3) is 3.26. The quantitative estimate of drug-likeness (QED) is 0.804. The Kier molecular flexibility index (Phi) is 4.81. The van der Waals surface area contributed by atoms with Crippen LogP contribution >= 0.6 is 0 Å². The first kappa shape index (κ1) is 16.5. The molecule has 5 heteroatoms. The molecule has 1 aromatic carbocycles. The summed E-state index contributed by atoms with van der Waals surface area (Å²) in [7, 11) is 0. The van der Waals surface area contributed by atoms with Crippen molar-refractivity contribution in [2.75, 3.05) is 6.61 Å². The second kappa shape index (κ2) is 7.01. The molecule has 0 bridgehead atoms. The van der Waals surface area contributed by atoms with Crippen LogP contribution in [-0.4, -0.2) is 22.6 Å². The first-order chi connectivity index (χ1) is 11.6. The molecule has 1 aliphatic rings. The van der Waals surface area contributed by atoms with Crippen LogP contribution < -0.4 is 10.9 Å². The van der Waals surface area contributed by atoms with Crippen molar-refractivity contribution in [3.63, 3.8) is 0 Å². The molecule has 5 nitrogen and oxygen atoms in total. The molecule has 1 aromatic heterocycles. The van der Waals surface area contributed by atoms with Gasteiger partial charge in [0.25, 0.3) is 11.5 Å². The van der Waals surface area contributed by atoms with Crippen molar-refractivity contribution >= 4 is 5.91 Å². The summed E-state index contributed by atoms with van der Waals surface area (Å²) in [5, 5.41) is 12.2. The van der Waals surface area contributed by atoms with Crippen LogP contribution in [0.4, 0.5) is 0 Å². The summed E-state index contributed by atoms with van der Waals surface area (Å²) in [5.41, 5.74) is 3.97. The van der Waals surface area contributed by atoms with E-state index < -0.39 is 0 Å². The number of aromatic nitrogens is 1. The lowest BCUT2D eigenvalue weighted by Crippen LogP contribution is -2.34.